The molecule has 2 bridgehead atoms. The molecule has 16 heteroatoms. The molecule has 3 fully saturated rings. The van der Waals surface area contributed by atoms with Crippen LogP contribution in [0.15, 0.2) is 18.2 Å². The summed E-state index contributed by atoms with van der Waals surface area (Å²) in [7, 11) is 2.04. The van der Waals surface area contributed by atoms with Gasteiger partial charge in [0.1, 0.15) is 35.0 Å². The Kier molecular flexibility index (Phi) is 9.81. The number of thiazole rings is 1. The highest BCUT2D eigenvalue weighted by atomic mass is 35.5. The molecule has 53 heavy (non-hydrogen) atoms. The van der Waals surface area contributed by atoms with Gasteiger partial charge in [-0.2, -0.15) is 9.97 Å². The number of anilines is 2. The van der Waals surface area contributed by atoms with E-state index in [0.717, 1.165) is 43.6 Å². The lowest BCUT2D eigenvalue weighted by Crippen LogP contribution is -2.57. The van der Waals surface area contributed by atoms with E-state index < -0.39 is 28.9 Å². The number of amides is 2. The fourth-order valence-corrected chi connectivity index (χ4v) is 8.56. The maximum absolute atomic E-state index is 17.1. The second-order valence-electron chi connectivity index (χ2n) is 16.0. The number of likely N-dealkylation sites (tertiary alicyclic amines) is 1. The minimum Gasteiger partial charge on any atom is -0.462 e. The lowest BCUT2D eigenvalue weighted by Gasteiger charge is -2.42. The first-order valence-corrected chi connectivity index (χ1v) is 19.0. The van der Waals surface area contributed by atoms with Crippen LogP contribution < -0.4 is 15.0 Å². The van der Waals surface area contributed by atoms with Crippen molar-refractivity contribution in [2.75, 3.05) is 43.5 Å². The number of benzene rings is 2. The molecule has 3 aliphatic heterocycles. The minimum absolute atomic E-state index is 0.0173. The minimum atomic E-state index is -0.763. The van der Waals surface area contributed by atoms with Crippen molar-refractivity contribution in [3.8, 4) is 17.1 Å². The van der Waals surface area contributed by atoms with Crippen LogP contribution in [0.1, 0.15) is 67.2 Å². The number of aromatic nitrogens is 3. The highest BCUT2D eigenvalue weighted by molar-refractivity contribution is 7.22. The fraction of sp³-hybridized carbons (Fsp3) is 0.541. The van der Waals surface area contributed by atoms with Crippen LogP contribution in [-0.2, 0) is 9.47 Å². The van der Waals surface area contributed by atoms with Gasteiger partial charge in [0.25, 0.3) is 0 Å². The van der Waals surface area contributed by atoms with E-state index in [1.54, 1.807) is 26.8 Å². The van der Waals surface area contributed by atoms with E-state index in [-0.39, 0.29) is 67.2 Å². The summed E-state index contributed by atoms with van der Waals surface area (Å²) in [4.78, 5) is 45.7. The molecule has 4 aromatic rings. The molecule has 2 aromatic heterocycles. The topological polar surface area (TPSA) is 122 Å². The van der Waals surface area contributed by atoms with Crippen LogP contribution in [0.3, 0.4) is 0 Å². The summed E-state index contributed by atoms with van der Waals surface area (Å²) >= 11 is 7.83. The molecule has 3 unspecified atom stereocenters. The largest absolute Gasteiger partial charge is 0.462 e. The zero-order chi connectivity index (χ0) is 38.0. The molecule has 3 saturated heterocycles. The normalized spacial score (nSPS) is 20.8. The van der Waals surface area contributed by atoms with E-state index in [9.17, 15) is 9.59 Å². The van der Waals surface area contributed by atoms with Crippen LogP contribution in [0.5, 0.6) is 6.01 Å². The number of nitrogens with one attached hydrogen (secondary N) is 1. The number of ether oxygens (including phenoxy) is 3. The molecule has 5 heterocycles. The van der Waals surface area contributed by atoms with Gasteiger partial charge in [0, 0.05) is 35.6 Å². The Hall–Kier alpha value is -4.08. The molecular formula is C37H44ClF2N7O5S. The summed E-state index contributed by atoms with van der Waals surface area (Å²) in [5.41, 5.74) is -1.11. The van der Waals surface area contributed by atoms with Gasteiger partial charge in [0.2, 0.25) is 0 Å². The number of fused-ring (bicyclic) bond motifs is 4. The van der Waals surface area contributed by atoms with Gasteiger partial charge in [-0.3, -0.25) is 10.2 Å². The lowest BCUT2D eigenvalue weighted by atomic mass is 10.0. The zero-order valence-electron chi connectivity index (χ0n) is 30.9. The maximum Gasteiger partial charge on any atom is 0.413 e. The maximum atomic E-state index is 17.1. The number of carbonyl (C=O) groups is 2. The average molecular weight is 772 g/mol. The van der Waals surface area contributed by atoms with Crippen molar-refractivity contribution < 1.29 is 32.6 Å². The molecule has 2 aromatic carbocycles. The van der Waals surface area contributed by atoms with Crippen LogP contribution >= 0.6 is 22.9 Å². The Balaban J connectivity index is 1.29. The van der Waals surface area contributed by atoms with Crippen molar-refractivity contribution >= 4 is 67.2 Å². The van der Waals surface area contributed by atoms with Crippen molar-refractivity contribution in [3.05, 3.63) is 34.9 Å². The first-order chi connectivity index (χ1) is 25.0. The summed E-state index contributed by atoms with van der Waals surface area (Å²) in [5, 5.41) is 3.04. The molecule has 1 N–H and O–H groups in total. The number of rotatable bonds is 6. The molecule has 284 valence electrons. The van der Waals surface area contributed by atoms with Crippen LogP contribution in [0.25, 0.3) is 32.2 Å². The molecular weight excluding hydrogens is 728 g/mol. The zero-order valence-corrected chi connectivity index (χ0v) is 32.5. The predicted octanol–water partition coefficient (Wildman–Crippen LogP) is 8.25. The molecule has 2 amide bonds. The summed E-state index contributed by atoms with van der Waals surface area (Å²) in [6, 6.07) is 4.15. The summed E-state index contributed by atoms with van der Waals surface area (Å²) in [5.74, 6) is -0.898. The van der Waals surface area contributed by atoms with Crippen molar-refractivity contribution in [1.29, 1.82) is 0 Å². The lowest BCUT2D eigenvalue weighted by molar-refractivity contribution is 0.0122. The van der Waals surface area contributed by atoms with Crippen molar-refractivity contribution in [2.24, 2.45) is 0 Å². The van der Waals surface area contributed by atoms with Crippen molar-refractivity contribution in [2.45, 2.75) is 96.6 Å². The predicted molar refractivity (Wildman–Crippen MR) is 201 cm³/mol. The van der Waals surface area contributed by atoms with Gasteiger partial charge in [-0.05, 0) is 99.0 Å². The van der Waals surface area contributed by atoms with E-state index in [0.29, 0.717) is 30.9 Å². The van der Waals surface area contributed by atoms with E-state index >= 15 is 8.78 Å². The number of likely N-dealkylation sites (N-methyl/N-ethyl adjacent to an activating group) is 1. The number of hydrogen-bond donors (Lipinski definition) is 1. The van der Waals surface area contributed by atoms with Gasteiger partial charge in [-0.25, -0.2) is 23.4 Å². The molecule has 12 nitrogen and oxygen atoms in total. The van der Waals surface area contributed by atoms with Gasteiger partial charge in [-0.15, -0.1) is 0 Å². The SMILES string of the molecule is CN1CCCC1COc1nc(N2CC3CCC(C2)N3C(=O)OC(C)(C)C)c2cc(Cl)c(-c3ccc(F)c4sc(NC(=O)OC(C)(C)C)nc34)c(F)c2n1. The van der Waals surface area contributed by atoms with Crippen molar-refractivity contribution in [3.63, 3.8) is 0 Å². The molecule has 3 atom stereocenters. The quantitative estimate of drug-likeness (QED) is 0.205. The Bertz CT molecular complexity index is 2070. The Morgan fingerprint density at radius 3 is 2.32 bits per heavy atom. The number of carbonyl (C=O) groups excluding carboxylic acids is 2. The second-order valence-corrected chi connectivity index (χ2v) is 17.4. The van der Waals surface area contributed by atoms with Gasteiger partial charge in [0.15, 0.2) is 10.9 Å². The summed E-state index contributed by atoms with van der Waals surface area (Å²) < 4.78 is 49.7. The number of nitrogens with zero attached hydrogens (tertiary/aromatic N) is 6. The highest BCUT2D eigenvalue weighted by Crippen LogP contribution is 2.44. The highest BCUT2D eigenvalue weighted by Gasteiger charge is 2.45. The van der Waals surface area contributed by atoms with E-state index in [1.807, 2.05) is 37.6 Å². The van der Waals surface area contributed by atoms with E-state index in [1.165, 1.54) is 12.1 Å². The molecule has 3 aliphatic rings. The molecule has 0 spiro atoms. The Labute approximate surface area is 315 Å². The average Bonchev–Trinajstić information content (AvgIpc) is 3.74. The fourth-order valence-electron chi connectivity index (χ4n) is 7.38. The standard InChI is InChI=1S/C37H44ClF2N7O5S/c1-36(2,3)51-34(48)44-33-42-29-22(12-13-25(39)30(29)53-33)26-24(38)15-23-28(27(26)40)41-32(50-18-21-9-8-14-45(21)7)43-31(23)46-16-19-10-11-20(17-46)47(19)35(49)52-37(4,5)6/h12-13,15,19-21H,8-11,14,16-18H2,1-7H3,(H,42,44,48). The molecule has 0 aliphatic carbocycles. The summed E-state index contributed by atoms with van der Waals surface area (Å²) in [6.07, 6.45) is 2.48. The third kappa shape index (κ3) is 7.65. The monoisotopic (exact) mass is 771 g/mol. The number of hydrogen-bond acceptors (Lipinski definition) is 11. The van der Waals surface area contributed by atoms with Crippen molar-refractivity contribution in [1.82, 2.24) is 24.8 Å². The first-order valence-electron chi connectivity index (χ1n) is 17.8. The van der Waals surface area contributed by atoms with Crippen LogP contribution in [0.2, 0.25) is 5.02 Å². The summed E-state index contributed by atoms with van der Waals surface area (Å²) in [6.45, 7) is 12.9. The third-order valence-corrected chi connectivity index (χ3v) is 11.0. The first kappa shape index (κ1) is 37.2. The van der Waals surface area contributed by atoms with Gasteiger partial charge in [-0.1, -0.05) is 22.9 Å². The number of halogens is 3. The Morgan fingerprint density at radius 1 is 0.981 bits per heavy atom. The Morgan fingerprint density at radius 2 is 1.68 bits per heavy atom. The van der Waals surface area contributed by atoms with E-state index in [4.69, 9.17) is 30.8 Å². The van der Waals surface area contributed by atoms with Gasteiger partial charge < -0.3 is 24.0 Å². The van der Waals surface area contributed by atoms with Crippen LogP contribution in [0, 0.1) is 11.6 Å². The smallest absolute Gasteiger partial charge is 0.413 e. The van der Waals surface area contributed by atoms with Gasteiger partial charge >= 0.3 is 18.2 Å². The molecule has 0 saturated carbocycles. The molecule has 0 radical (unpaired) electrons. The van der Waals surface area contributed by atoms with Crippen LogP contribution in [0.4, 0.5) is 29.3 Å². The van der Waals surface area contributed by atoms with E-state index in [2.05, 4.69) is 20.2 Å². The second kappa shape index (κ2) is 14.0. The third-order valence-electron chi connectivity index (χ3n) is 9.68. The van der Waals surface area contributed by atoms with Gasteiger partial charge in [0.05, 0.1) is 27.3 Å². The van der Waals surface area contributed by atoms with Crippen LogP contribution in [-0.4, -0.2) is 99.6 Å². The molecule has 7 rings (SSSR count). The number of piperazine rings is 1.